The molecule has 1 aliphatic rings. The monoisotopic (exact) mass is 225 g/mol. The first-order valence-corrected chi connectivity index (χ1v) is 5.84. The molecule has 0 radical (unpaired) electrons. The Kier molecular flexibility index (Phi) is 3.50. The standard InChI is InChI=1S/C10H19N5O/c1-16-10(5-3-2-4-6-10)9-12-13-14-15(9)8-7-11/h2-8,11H2,1H3. The average Bonchev–Trinajstić information content (AvgIpc) is 2.79. The largest absolute Gasteiger partial charge is 0.370 e. The van der Waals surface area contributed by atoms with E-state index in [1.54, 1.807) is 11.8 Å². The van der Waals surface area contributed by atoms with Gasteiger partial charge < -0.3 is 10.5 Å². The fraction of sp³-hybridized carbons (Fsp3) is 0.900. The van der Waals surface area contributed by atoms with Crippen LogP contribution in [0.2, 0.25) is 0 Å². The Morgan fingerprint density at radius 1 is 1.38 bits per heavy atom. The van der Waals surface area contributed by atoms with E-state index >= 15 is 0 Å². The number of nitrogens with zero attached hydrogens (tertiary/aromatic N) is 4. The molecule has 1 saturated carbocycles. The van der Waals surface area contributed by atoms with Gasteiger partial charge >= 0.3 is 0 Å². The van der Waals surface area contributed by atoms with E-state index in [1.807, 2.05) is 0 Å². The third-order valence-electron chi connectivity index (χ3n) is 3.33. The zero-order chi connectivity index (χ0) is 11.4. The van der Waals surface area contributed by atoms with Crippen LogP contribution in [-0.2, 0) is 16.9 Å². The highest BCUT2D eigenvalue weighted by Gasteiger charge is 2.38. The molecule has 0 aliphatic heterocycles. The lowest BCUT2D eigenvalue weighted by Crippen LogP contribution is -2.35. The van der Waals surface area contributed by atoms with E-state index in [0.29, 0.717) is 13.1 Å². The molecule has 16 heavy (non-hydrogen) atoms. The van der Waals surface area contributed by atoms with Gasteiger partial charge in [0.05, 0.1) is 6.54 Å². The highest BCUT2D eigenvalue weighted by molar-refractivity contribution is 5.02. The predicted molar refractivity (Wildman–Crippen MR) is 58.6 cm³/mol. The second-order valence-corrected chi connectivity index (χ2v) is 4.27. The summed E-state index contributed by atoms with van der Waals surface area (Å²) < 4.78 is 7.48. The molecule has 1 heterocycles. The Bertz CT molecular complexity index is 332. The summed E-state index contributed by atoms with van der Waals surface area (Å²) in [6, 6.07) is 0. The van der Waals surface area contributed by atoms with Crippen molar-refractivity contribution in [2.24, 2.45) is 5.73 Å². The zero-order valence-corrected chi connectivity index (χ0v) is 9.72. The zero-order valence-electron chi connectivity index (χ0n) is 9.72. The first-order chi connectivity index (χ1) is 7.82. The van der Waals surface area contributed by atoms with Crippen molar-refractivity contribution in [1.82, 2.24) is 20.2 Å². The SMILES string of the molecule is COC1(c2nnnn2CCN)CCCCC1. The molecule has 2 rings (SSSR count). The lowest BCUT2D eigenvalue weighted by molar-refractivity contribution is -0.0547. The maximum Gasteiger partial charge on any atom is 0.183 e. The first kappa shape index (κ1) is 11.5. The van der Waals surface area contributed by atoms with Gasteiger partial charge in [0.1, 0.15) is 5.60 Å². The Morgan fingerprint density at radius 3 is 2.75 bits per heavy atom. The number of nitrogens with two attached hydrogens (primary N) is 1. The van der Waals surface area contributed by atoms with Crippen LogP contribution in [0.3, 0.4) is 0 Å². The summed E-state index contributed by atoms with van der Waals surface area (Å²) in [4.78, 5) is 0. The number of ether oxygens (including phenoxy) is 1. The van der Waals surface area contributed by atoms with Gasteiger partial charge in [-0.05, 0) is 23.3 Å². The van der Waals surface area contributed by atoms with Crippen molar-refractivity contribution in [3.63, 3.8) is 0 Å². The molecule has 1 aromatic heterocycles. The van der Waals surface area contributed by atoms with Crippen molar-refractivity contribution in [3.8, 4) is 0 Å². The number of hydrogen-bond donors (Lipinski definition) is 1. The van der Waals surface area contributed by atoms with E-state index in [0.717, 1.165) is 18.7 Å². The molecule has 0 bridgehead atoms. The lowest BCUT2D eigenvalue weighted by atomic mass is 9.84. The molecule has 2 N–H and O–H groups in total. The van der Waals surface area contributed by atoms with E-state index in [9.17, 15) is 0 Å². The third-order valence-corrected chi connectivity index (χ3v) is 3.33. The van der Waals surface area contributed by atoms with E-state index in [4.69, 9.17) is 10.5 Å². The van der Waals surface area contributed by atoms with Crippen molar-refractivity contribution in [2.45, 2.75) is 44.2 Å². The summed E-state index contributed by atoms with van der Waals surface area (Å²) in [6.45, 7) is 1.19. The number of hydrogen-bond acceptors (Lipinski definition) is 5. The van der Waals surface area contributed by atoms with E-state index in [-0.39, 0.29) is 5.60 Å². The molecule has 1 aliphatic carbocycles. The van der Waals surface area contributed by atoms with Crippen LogP contribution in [0.4, 0.5) is 0 Å². The summed E-state index contributed by atoms with van der Waals surface area (Å²) in [7, 11) is 1.74. The van der Waals surface area contributed by atoms with Gasteiger partial charge in [-0.25, -0.2) is 4.68 Å². The van der Waals surface area contributed by atoms with Crippen LogP contribution in [-0.4, -0.2) is 33.9 Å². The van der Waals surface area contributed by atoms with Gasteiger partial charge in [-0.15, -0.1) is 5.10 Å². The van der Waals surface area contributed by atoms with E-state index < -0.39 is 0 Å². The number of rotatable bonds is 4. The van der Waals surface area contributed by atoms with Gasteiger partial charge in [0.2, 0.25) is 0 Å². The topological polar surface area (TPSA) is 78.9 Å². The van der Waals surface area contributed by atoms with E-state index in [2.05, 4.69) is 15.5 Å². The molecule has 1 fully saturated rings. The van der Waals surface area contributed by atoms with Gasteiger partial charge in [0.15, 0.2) is 5.82 Å². The highest BCUT2D eigenvalue weighted by atomic mass is 16.5. The summed E-state index contributed by atoms with van der Waals surface area (Å²) in [5.74, 6) is 0.833. The Hall–Kier alpha value is -1.01. The molecule has 0 saturated heterocycles. The molecule has 0 unspecified atom stereocenters. The van der Waals surface area contributed by atoms with Crippen LogP contribution in [0.15, 0.2) is 0 Å². The average molecular weight is 225 g/mol. The van der Waals surface area contributed by atoms with E-state index in [1.165, 1.54) is 19.3 Å². The molecule has 90 valence electrons. The summed E-state index contributed by atoms with van der Waals surface area (Å²) in [5.41, 5.74) is 5.25. The maximum atomic E-state index is 5.71. The molecular formula is C10H19N5O. The minimum atomic E-state index is -0.295. The second-order valence-electron chi connectivity index (χ2n) is 4.27. The van der Waals surface area contributed by atoms with Crippen LogP contribution in [0, 0.1) is 0 Å². The second kappa shape index (κ2) is 4.88. The Labute approximate surface area is 95.1 Å². The molecule has 0 atom stereocenters. The molecular weight excluding hydrogens is 206 g/mol. The Morgan fingerprint density at radius 2 is 2.12 bits per heavy atom. The summed E-state index contributed by atoms with van der Waals surface area (Å²) in [6.07, 6.45) is 5.60. The van der Waals surface area contributed by atoms with Crippen LogP contribution < -0.4 is 5.73 Å². The van der Waals surface area contributed by atoms with Gasteiger partial charge in [-0.1, -0.05) is 19.3 Å². The predicted octanol–water partition coefficient (Wildman–Crippen LogP) is 0.438. The number of tetrazole rings is 1. The first-order valence-electron chi connectivity index (χ1n) is 5.84. The van der Waals surface area contributed by atoms with Crippen molar-refractivity contribution < 1.29 is 4.74 Å². The summed E-state index contributed by atoms with van der Waals surface area (Å²) in [5, 5.41) is 11.8. The van der Waals surface area contributed by atoms with Gasteiger partial charge in [0.25, 0.3) is 0 Å². The van der Waals surface area contributed by atoms with Crippen LogP contribution >= 0.6 is 0 Å². The van der Waals surface area contributed by atoms with Gasteiger partial charge in [-0.3, -0.25) is 0 Å². The molecule has 0 spiro atoms. The lowest BCUT2D eigenvalue weighted by Gasteiger charge is -2.34. The Balaban J connectivity index is 2.27. The molecule has 0 aromatic carbocycles. The highest BCUT2D eigenvalue weighted by Crippen LogP contribution is 2.38. The smallest absolute Gasteiger partial charge is 0.183 e. The fourth-order valence-corrected chi connectivity index (χ4v) is 2.45. The maximum absolute atomic E-state index is 5.71. The fourth-order valence-electron chi connectivity index (χ4n) is 2.45. The number of aromatic nitrogens is 4. The van der Waals surface area contributed by atoms with Crippen molar-refractivity contribution in [3.05, 3.63) is 5.82 Å². The van der Waals surface area contributed by atoms with Gasteiger partial charge in [-0.2, -0.15) is 0 Å². The van der Waals surface area contributed by atoms with Gasteiger partial charge in [0, 0.05) is 13.7 Å². The molecule has 1 aromatic rings. The molecule has 6 nitrogen and oxygen atoms in total. The normalized spacial score (nSPS) is 19.9. The minimum absolute atomic E-state index is 0.295. The van der Waals surface area contributed by atoms with Crippen LogP contribution in [0.5, 0.6) is 0 Å². The van der Waals surface area contributed by atoms with Crippen LogP contribution in [0.25, 0.3) is 0 Å². The number of methoxy groups -OCH3 is 1. The summed E-state index contributed by atoms with van der Waals surface area (Å²) >= 11 is 0. The van der Waals surface area contributed by atoms with Crippen molar-refractivity contribution in [1.29, 1.82) is 0 Å². The van der Waals surface area contributed by atoms with Crippen molar-refractivity contribution >= 4 is 0 Å². The van der Waals surface area contributed by atoms with Crippen molar-refractivity contribution in [2.75, 3.05) is 13.7 Å². The van der Waals surface area contributed by atoms with Crippen LogP contribution in [0.1, 0.15) is 37.9 Å². The quantitative estimate of drug-likeness (QED) is 0.804. The minimum Gasteiger partial charge on any atom is -0.370 e. The molecule has 0 amide bonds. The third kappa shape index (κ3) is 1.94. The molecule has 6 heteroatoms.